The summed E-state index contributed by atoms with van der Waals surface area (Å²) in [5.41, 5.74) is 1.89. The standard InChI is InChI=1S/C18H26N2O4/c1-4-5-6-15(18(23)24)20-17(22)11-16(19-13(3)21)14-9-7-12(2)8-10-14/h7-10,15-16H,4-6,11H2,1-3H3,(H,19,21)(H,20,22)(H,23,24)/t15-,16?/m0/s1. The molecule has 2 atom stereocenters. The van der Waals surface area contributed by atoms with Gasteiger partial charge < -0.3 is 15.7 Å². The Labute approximate surface area is 142 Å². The monoisotopic (exact) mass is 334 g/mol. The Hall–Kier alpha value is -2.37. The van der Waals surface area contributed by atoms with E-state index in [4.69, 9.17) is 0 Å². The lowest BCUT2D eigenvalue weighted by Crippen LogP contribution is -2.42. The number of carbonyl (C=O) groups excluding carboxylic acids is 2. The molecule has 0 spiro atoms. The molecule has 132 valence electrons. The first-order valence-corrected chi connectivity index (χ1v) is 8.19. The summed E-state index contributed by atoms with van der Waals surface area (Å²) >= 11 is 0. The average Bonchev–Trinajstić information content (AvgIpc) is 2.50. The molecule has 1 aromatic carbocycles. The van der Waals surface area contributed by atoms with Crippen LogP contribution in [0.1, 0.15) is 56.7 Å². The zero-order valence-corrected chi connectivity index (χ0v) is 14.5. The van der Waals surface area contributed by atoms with Crippen molar-refractivity contribution in [2.24, 2.45) is 0 Å². The number of benzene rings is 1. The van der Waals surface area contributed by atoms with Crippen LogP contribution in [-0.2, 0) is 14.4 Å². The number of hydrogen-bond acceptors (Lipinski definition) is 3. The SMILES string of the molecule is CCCC[C@H](NC(=O)CC(NC(C)=O)c1ccc(C)cc1)C(=O)O. The second kappa shape index (κ2) is 9.70. The van der Waals surface area contributed by atoms with Gasteiger partial charge >= 0.3 is 5.97 Å². The summed E-state index contributed by atoms with van der Waals surface area (Å²) in [7, 11) is 0. The average molecular weight is 334 g/mol. The van der Waals surface area contributed by atoms with Crippen molar-refractivity contribution in [1.82, 2.24) is 10.6 Å². The Kier molecular flexibility index (Phi) is 7.95. The fourth-order valence-electron chi connectivity index (χ4n) is 2.40. The lowest BCUT2D eigenvalue weighted by molar-refractivity contribution is -0.142. The quantitative estimate of drug-likeness (QED) is 0.646. The molecule has 0 saturated heterocycles. The van der Waals surface area contributed by atoms with Gasteiger partial charge in [0.05, 0.1) is 12.5 Å². The lowest BCUT2D eigenvalue weighted by Gasteiger charge is -2.20. The number of carbonyl (C=O) groups is 3. The van der Waals surface area contributed by atoms with Gasteiger partial charge in [-0.3, -0.25) is 9.59 Å². The van der Waals surface area contributed by atoms with Gasteiger partial charge in [0.15, 0.2) is 0 Å². The van der Waals surface area contributed by atoms with Crippen LogP contribution in [0.4, 0.5) is 0 Å². The number of rotatable bonds is 9. The van der Waals surface area contributed by atoms with Crippen LogP contribution in [0.3, 0.4) is 0 Å². The van der Waals surface area contributed by atoms with E-state index in [1.54, 1.807) is 0 Å². The maximum atomic E-state index is 12.2. The van der Waals surface area contributed by atoms with Crippen LogP contribution in [0.15, 0.2) is 24.3 Å². The predicted molar refractivity (Wildman–Crippen MR) is 91.4 cm³/mol. The van der Waals surface area contributed by atoms with Crippen LogP contribution in [0.5, 0.6) is 0 Å². The van der Waals surface area contributed by atoms with E-state index in [-0.39, 0.29) is 12.3 Å². The Morgan fingerprint density at radius 3 is 2.25 bits per heavy atom. The highest BCUT2D eigenvalue weighted by Gasteiger charge is 2.22. The van der Waals surface area contributed by atoms with Crippen molar-refractivity contribution in [2.75, 3.05) is 0 Å². The fourth-order valence-corrected chi connectivity index (χ4v) is 2.40. The van der Waals surface area contributed by atoms with Crippen molar-refractivity contribution in [3.8, 4) is 0 Å². The molecule has 0 aliphatic rings. The van der Waals surface area contributed by atoms with Crippen LogP contribution >= 0.6 is 0 Å². The van der Waals surface area contributed by atoms with Crippen molar-refractivity contribution in [2.45, 2.75) is 58.5 Å². The van der Waals surface area contributed by atoms with Crippen molar-refractivity contribution in [3.05, 3.63) is 35.4 Å². The van der Waals surface area contributed by atoms with Gasteiger partial charge in [-0.25, -0.2) is 4.79 Å². The van der Waals surface area contributed by atoms with E-state index in [9.17, 15) is 19.5 Å². The zero-order valence-electron chi connectivity index (χ0n) is 14.5. The number of amides is 2. The Balaban J connectivity index is 2.77. The number of aryl methyl sites for hydroxylation is 1. The molecule has 0 aliphatic carbocycles. The minimum absolute atomic E-state index is 0.00144. The Bertz CT molecular complexity index is 569. The summed E-state index contributed by atoms with van der Waals surface area (Å²) in [5.74, 6) is -1.67. The van der Waals surface area contributed by atoms with Gasteiger partial charge in [0, 0.05) is 6.92 Å². The van der Waals surface area contributed by atoms with Crippen LogP contribution in [0.2, 0.25) is 0 Å². The van der Waals surface area contributed by atoms with Gasteiger partial charge in [0.25, 0.3) is 0 Å². The van der Waals surface area contributed by atoms with Gasteiger partial charge in [-0.1, -0.05) is 49.6 Å². The molecule has 0 saturated carbocycles. The molecule has 0 aromatic heterocycles. The number of nitrogens with one attached hydrogen (secondary N) is 2. The van der Waals surface area contributed by atoms with E-state index in [1.165, 1.54) is 6.92 Å². The van der Waals surface area contributed by atoms with Crippen molar-refractivity contribution in [1.29, 1.82) is 0 Å². The molecule has 24 heavy (non-hydrogen) atoms. The van der Waals surface area contributed by atoms with Gasteiger partial charge in [0.2, 0.25) is 11.8 Å². The summed E-state index contributed by atoms with van der Waals surface area (Å²) in [6, 6.07) is 6.15. The molecule has 0 bridgehead atoms. The third-order valence-corrected chi connectivity index (χ3v) is 3.73. The van der Waals surface area contributed by atoms with Crippen LogP contribution in [0, 0.1) is 6.92 Å². The predicted octanol–water partition coefficient (Wildman–Crippen LogP) is 2.32. The highest BCUT2D eigenvalue weighted by atomic mass is 16.4. The molecule has 1 rings (SSSR count). The minimum atomic E-state index is -1.04. The second-order valence-electron chi connectivity index (χ2n) is 5.97. The van der Waals surface area contributed by atoms with Gasteiger partial charge in [-0.2, -0.15) is 0 Å². The largest absolute Gasteiger partial charge is 0.480 e. The zero-order chi connectivity index (χ0) is 18.1. The van der Waals surface area contributed by atoms with Gasteiger partial charge in [-0.15, -0.1) is 0 Å². The van der Waals surface area contributed by atoms with E-state index in [0.717, 1.165) is 24.0 Å². The molecular formula is C18H26N2O4. The fraction of sp³-hybridized carbons (Fsp3) is 0.500. The highest BCUT2D eigenvalue weighted by Crippen LogP contribution is 2.18. The molecule has 0 heterocycles. The van der Waals surface area contributed by atoms with E-state index in [2.05, 4.69) is 10.6 Å². The van der Waals surface area contributed by atoms with E-state index in [0.29, 0.717) is 6.42 Å². The van der Waals surface area contributed by atoms with Crippen LogP contribution in [0.25, 0.3) is 0 Å². The number of aliphatic carboxylic acids is 1. The molecule has 6 heteroatoms. The second-order valence-corrected chi connectivity index (χ2v) is 5.97. The first kappa shape index (κ1) is 19.7. The first-order valence-electron chi connectivity index (χ1n) is 8.19. The number of unbranched alkanes of at least 4 members (excludes halogenated alkanes) is 1. The molecule has 1 aromatic rings. The molecule has 1 unspecified atom stereocenters. The Morgan fingerprint density at radius 2 is 1.75 bits per heavy atom. The van der Waals surface area contributed by atoms with Crippen molar-refractivity contribution >= 4 is 17.8 Å². The summed E-state index contributed by atoms with van der Waals surface area (Å²) in [5, 5.41) is 14.5. The number of hydrogen-bond donors (Lipinski definition) is 3. The lowest BCUT2D eigenvalue weighted by atomic mass is 10.0. The molecule has 3 N–H and O–H groups in total. The Morgan fingerprint density at radius 1 is 1.12 bits per heavy atom. The third-order valence-electron chi connectivity index (χ3n) is 3.73. The number of carboxylic acid groups (broad SMARTS) is 1. The van der Waals surface area contributed by atoms with Crippen molar-refractivity contribution < 1.29 is 19.5 Å². The smallest absolute Gasteiger partial charge is 0.326 e. The van der Waals surface area contributed by atoms with Crippen LogP contribution in [-0.4, -0.2) is 28.9 Å². The maximum absolute atomic E-state index is 12.2. The van der Waals surface area contributed by atoms with Crippen molar-refractivity contribution in [3.63, 3.8) is 0 Å². The molecule has 0 aliphatic heterocycles. The third kappa shape index (κ3) is 6.81. The number of carboxylic acids is 1. The van der Waals surface area contributed by atoms with Gasteiger partial charge in [-0.05, 0) is 18.9 Å². The summed E-state index contributed by atoms with van der Waals surface area (Å²) in [6.07, 6.45) is 1.98. The normalized spacial score (nSPS) is 13.0. The van der Waals surface area contributed by atoms with E-state index >= 15 is 0 Å². The molecule has 2 amide bonds. The summed E-state index contributed by atoms with van der Waals surface area (Å²) in [6.45, 7) is 5.31. The summed E-state index contributed by atoms with van der Waals surface area (Å²) in [4.78, 5) is 34.9. The molecule has 0 radical (unpaired) electrons. The van der Waals surface area contributed by atoms with E-state index < -0.39 is 24.0 Å². The summed E-state index contributed by atoms with van der Waals surface area (Å²) < 4.78 is 0. The minimum Gasteiger partial charge on any atom is -0.480 e. The van der Waals surface area contributed by atoms with Gasteiger partial charge in [0.1, 0.15) is 6.04 Å². The van der Waals surface area contributed by atoms with E-state index in [1.807, 2.05) is 38.1 Å². The molecule has 6 nitrogen and oxygen atoms in total. The highest BCUT2D eigenvalue weighted by molar-refractivity contribution is 5.84. The maximum Gasteiger partial charge on any atom is 0.326 e. The topological polar surface area (TPSA) is 95.5 Å². The molecule has 0 fully saturated rings. The van der Waals surface area contributed by atoms with Crippen LogP contribution < -0.4 is 10.6 Å². The molecular weight excluding hydrogens is 308 g/mol. The first-order chi connectivity index (χ1) is 11.3.